The molecule has 1 amide bonds. The molecule has 0 radical (unpaired) electrons. The zero-order valence-electron chi connectivity index (χ0n) is 11.9. The van der Waals surface area contributed by atoms with Gasteiger partial charge in [-0.25, -0.2) is 9.18 Å². The second-order valence-corrected chi connectivity index (χ2v) is 5.86. The van der Waals surface area contributed by atoms with Crippen molar-refractivity contribution in [1.82, 2.24) is 5.32 Å². The first-order chi connectivity index (χ1) is 11.0. The van der Waals surface area contributed by atoms with E-state index in [1.165, 1.54) is 25.5 Å². The average Bonchev–Trinajstić information content (AvgIpc) is 2.86. The van der Waals surface area contributed by atoms with Crippen LogP contribution >= 0.6 is 27.7 Å². The Labute approximate surface area is 144 Å². The third kappa shape index (κ3) is 5.00. The third-order valence-corrected chi connectivity index (χ3v) is 4.14. The summed E-state index contributed by atoms with van der Waals surface area (Å²) < 4.78 is 17.8. The Kier molecular flexibility index (Phi) is 6.05. The molecule has 1 aliphatic heterocycles. The number of hydrogen-bond acceptors (Lipinski definition) is 6. The molecule has 1 aliphatic rings. The van der Waals surface area contributed by atoms with E-state index in [-0.39, 0.29) is 15.9 Å². The molecule has 1 fully saturated rings. The Bertz CT molecular complexity index is 734. The van der Waals surface area contributed by atoms with E-state index >= 15 is 0 Å². The number of esters is 1. The number of benzene rings is 1. The van der Waals surface area contributed by atoms with E-state index in [2.05, 4.69) is 36.2 Å². The maximum absolute atomic E-state index is 13.4. The molecule has 0 unspecified atom stereocenters. The van der Waals surface area contributed by atoms with Gasteiger partial charge in [0.25, 0.3) is 5.91 Å². The van der Waals surface area contributed by atoms with Crippen LogP contribution in [0.4, 0.5) is 4.39 Å². The maximum atomic E-state index is 13.4. The van der Waals surface area contributed by atoms with Gasteiger partial charge in [0, 0.05) is 11.4 Å². The van der Waals surface area contributed by atoms with Crippen molar-refractivity contribution < 1.29 is 18.7 Å². The number of hydrogen-bond donors (Lipinski definition) is 1. The lowest BCUT2D eigenvalue weighted by atomic mass is 10.1. The molecule has 0 aliphatic carbocycles. The normalized spacial score (nSPS) is 18.0. The molecule has 120 valence electrons. The van der Waals surface area contributed by atoms with Crippen LogP contribution in [0.3, 0.4) is 0 Å². The van der Waals surface area contributed by atoms with Crippen molar-refractivity contribution in [2.24, 2.45) is 10.2 Å². The van der Waals surface area contributed by atoms with E-state index in [4.69, 9.17) is 0 Å². The van der Waals surface area contributed by atoms with Gasteiger partial charge in [-0.1, -0.05) is 15.9 Å². The van der Waals surface area contributed by atoms with Crippen LogP contribution in [0.1, 0.15) is 11.1 Å². The monoisotopic (exact) mass is 399 g/mol. The fourth-order valence-electron chi connectivity index (χ4n) is 1.62. The zero-order chi connectivity index (χ0) is 16.8. The van der Waals surface area contributed by atoms with E-state index in [9.17, 15) is 14.0 Å². The summed E-state index contributed by atoms with van der Waals surface area (Å²) >= 11 is 4.22. The molecule has 0 saturated carbocycles. The number of ether oxygens (including phenoxy) is 1. The molecule has 0 bridgehead atoms. The molecule has 0 aromatic heterocycles. The Balaban J connectivity index is 2.09. The first-order valence-electron chi connectivity index (χ1n) is 6.27. The van der Waals surface area contributed by atoms with Crippen molar-refractivity contribution in [3.63, 3.8) is 0 Å². The first-order valence-corrected chi connectivity index (χ1v) is 8.21. The lowest BCUT2D eigenvalue weighted by molar-refractivity contribution is -0.135. The highest BCUT2D eigenvalue weighted by Crippen LogP contribution is 2.23. The van der Waals surface area contributed by atoms with Gasteiger partial charge in [0.15, 0.2) is 5.17 Å². The van der Waals surface area contributed by atoms with Crippen LogP contribution in [-0.4, -0.2) is 30.4 Å². The topological polar surface area (TPSA) is 80.1 Å². The maximum Gasteiger partial charge on any atom is 0.331 e. The van der Waals surface area contributed by atoms with Gasteiger partial charge in [-0.3, -0.25) is 10.1 Å². The summed E-state index contributed by atoms with van der Waals surface area (Å²) in [6, 6.07) is 4.48. The second kappa shape index (κ2) is 8.02. The summed E-state index contributed by atoms with van der Waals surface area (Å²) in [5.74, 6) is -1.46. The number of amides is 1. The minimum absolute atomic E-state index is 0.165. The van der Waals surface area contributed by atoms with Crippen LogP contribution in [0, 0.1) is 5.82 Å². The van der Waals surface area contributed by atoms with E-state index < -0.39 is 11.9 Å². The quantitative estimate of drug-likeness (QED) is 0.277. The second-order valence-electron chi connectivity index (χ2n) is 4.26. The molecule has 1 saturated heterocycles. The van der Waals surface area contributed by atoms with Gasteiger partial charge in [-0.15, -0.1) is 5.10 Å². The molecule has 6 nitrogen and oxygen atoms in total. The van der Waals surface area contributed by atoms with Gasteiger partial charge in [0.05, 0.1) is 18.2 Å². The van der Waals surface area contributed by atoms with Gasteiger partial charge >= 0.3 is 5.97 Å². The summed E-state index contributed by atoms with van der Waals surface area (Å²) in [6.45, 7) is 0. The van der Waals surface area contributed by atoms with Crippen molar-refractivity contribution >= 4 is 51.0 Å². The molecule has 0 atom stereocenters. The minimum atomic E-state index is -0.630. The van der Waals surface area contributed by atoms with Gasteiger partial charge in [-0.05, 0) is 41.1 Å². The number of carbonyl (C=O) groups is 2. The number of thioether (sulfide) groups is 1. The Hall–Kier alpha value is -2.00. The molecule has 2 rings (SSSR count). The van der Waals surface area contributed by atoms with E-state index in [1.807, 2.05) is 0 Å². The Morgan fingerprint density at radius 1 is 1.48 bits per heavy atom. The number of rotatable bonds is 4. The summed E-state index contributed by atoms with van der Waals surface area (Å²) in [4.78, 5) is 22.9. The van der Waals surface area contributed by atoms with Gasteiger partial charge in [0.1, 0.15) is 5.82 Å². The van der Waals surface area contributed by atoms with Crippen molar-refractivity contribution in [3.8, 4) is 0 Å². The van der Waals surface area contributed by atoms with Crippen molar-refractivity contribution in [2.75, 3.05) is 7.11 Å². The molecule has 1 N–H and O–H groups in total. The van der Waals surface area contributed by atoms with E-state index in [0.717, 1.165) is 23.4 Å². The van der Waals surface area contributed by atoms with Crippen LogP contribution in [0.25, 0.3) is 0 Å². The summed E-state index contributed by atoms with van der Waals surface area (Å²) in [5, 5.41) is 10.8. The number of nitrogens with zero attached hydrogens (tertiary/aromatic N) is 2. The minimum Gasteiger partial charge on any atom is -0.466 e. The smallest absolute Gasteiger partial charge is 0.331 e. The SMILES string of the molecule is COC(=O)/C=C1/S/C(=N\N=Cc2cc(F)cc(CBr)c2)NC1=O. The lowest BCUT2D eigenvalue weighted by Crippen LogP contribution is -2.19. The highest BCUT2D eigenvalue weighted by molar-refractivity contribution is 9.08. The average molecular weight is 400 g/mol. The molecular formula is C14H11BrFN3O3S. The summed E-state index contributed by atoms with van der Waals surface area (Å²) in [7, 11) is 1.22. The number of amidine groups is 1. The third-order valence-electron chi connectivity index (χ3n) is 2.59. The molecule has 1 aromatic rings. The standard InChI is InChI=1S/C14H11BrFN3O3S/c1-22-12(20)5-11-13(21)18-14(23-11)19-17-7-9-2-8(6-15)3-10(16)4-9/h2-5,7H,6H2,1H3,(H,18,19,21)/b11-5+,17-7?. The van der Waals surface area contributed by atoms with E-state index in [0.29, 0.717) is 10.9 Å². The van der Waals surface area contributed by atoms with Crippen LogP contribution in [0.5, 0.6) is 0 Å². The summed E-state index contributed by atoms with van der Waals surface area (Å²) in [5.41, 5.74) is 1.31. The molecule has 1 aromatic carbocycles. The van der Waals surface area contributed by atoms with Gasteiger partial charge < -0.3 is 4.74 Å². The Morgan fingerprint density at radius 3 is 2.96 bits per heavy atom. The number of methoxy groups -OCH3 is 1. The highest BCUT2D eigenvalue weighted by Gasteiger charge is 2.24. The number of carbonyl (C=O) groups excluding carboxylic acids is 2. The number of halogens is 2. The lowest BCUT2D eigenvalue weighted by Gasteiger charge is -1.98. The van der Waals surface area contributed by atoms with Crippen LogP contribution in [-0.2, 0) is 19.7 Å². The van der Waals surface area contributed by atoms with Crippen LogP contribution < -0.4 is 5.32 Å². The van der Waals surface area contributed by atoms with Crippen LogP contribution in [0.2, 0.25) is 0 Å². The summed E-state index contributed by atoms with van der Waals surface area (Å²) in [6.07, 6.45) is 2.44. The van der Waals surface area contributed by atoms with Crippen LogP contribution in [0.15, 0.2) is 39.4 Å². The molecule has 9 heteroatoms. The predicted molar refractivity (Wildman–Crippen MR) is 89.9 cm³/mol. The van der Waals surface area contributed by atoms with Gasteiger partial charge in [-0.2, -0.15) is 5.10 Å². The largest absolute Gasteiger partial charge is 0.466 e. The highest BCUT2D eigenvalue weighted by atomic mass is 79.9. The van der Waals surface area contributed by atoms with E-state index in [1.54, 1.807) is 6.07 Å². The van der Waals surface area contributed by atoms with Crippen molar-refractivity contribution in [2.45, 2.75) is 5.33 Å². The fourth-order valence-corrected chi connectivity index (χ4v) is 2.68. The number of nitrogens with one attached hydrogen (secondary N) is 1. The predicted octanol–water partition coefficient (Wildman–Crippen LogP) is 2.33. The molecule has 1 heterocycles. The Morgan fingerprint density at radius 2 is 2.26 bits per heavy atom. The first kappa shape index (κ1) is 17.4. The fraction of sp³-hybridized carbons (Fsp3) is 0.143. The van der Waals surface area contributed by atoms with Gasteiger partial charge in [0.2, 0.25) is 0 Å². The van der Waals surface area contributed by atoms with Crippen molar-refractivity contribution in [1.29, 1.82) is 0 Å². The number of alkyl halides is 1. The van der Waals surface area contributed by atoms with Crippen molar-refractivity contribution in [3.05, 3.63) is 46.1 Å². The zero-order valence-corrected chi connectivity index (χ0v) is 14.3. The molecular weight excluding hydrogens is 389 g/mol. The molecule has 0 spiro atoms. The molecule has 23 heavy (non-hydrogen) atoms.